The summed E-state index contributed by atoms with van der Waals surface area (Å²) in [5.41, 5.74) is 1.70. The van der Waals surface area contributed by atoms with Crippen molar-refractivity contribution in [2.45, 2.75) is 17.9 Å². The highest BCUT2D eigenvalue weighted by Crippen LogP contribution is 2.20. The van der Waals surface area contributed by atoms with Crippen LogP contribution in [0.4, 0.5) is 5.69 Å². The molecule has 0 aliphatic rings. The quantitative estimate of drug-likeness (QED) is 0.881. The largest absolute Gasteiger partial charge is 0.377 e. The van der Waals surface area contributed by atoms with Crippen molar-refractivity contribution in [1.29, 1.82) is 0 Å². The van der Waals surface area contributed by atoms with Gasteiger partial charge in [-0.1, -0.05) is 6.07 Å². The molecule has 0 radical (unpaired) electrons. The summed E-state index contributed by atoms with van der Waals surface area (Å²) in [5, 5.41) is 12.4. The van der Waals surface area contributed by atoms with E-state index in [9.17, 15) is 8.42 Å². The molecule has 1 aromatic carbocycles. The first-order valence-electron chi connectivity index (χ1n) is 5.75. The van der Waals surface area contributed by atoms with E-state index in [-0.39, 0.29) is 10.9 Å². The molecule has 0 fully saturated rings. The predicted octanol–water partition coefficient (Wildman–Crippen LogP) is 1.24. The van der Waals surface area contributed by atoms with Crippen LogP contribution in [0.1, 0.15) is 18.7 Å². The Morgan fingerprint density at radius 1 is 1.37 bits per heavy atom. The number of hydrogen-bond acceptors (Lipinski definition) is 4. The van der Waals surface area contributed by atoms with Gasteiger partial charge in [-0.3, -0.25) is 4.68 Å². The summed E-state index contributed by atoms with van der Waals surface area (Å²) in [6.45, 7) is 1.97. The van der Waals surface area contributed by atoms with Crippen LogP contribution in [0.5, 0.6) is 0 Å². The molecule has 0 aliphatic heterocycles. The van der Waals surface area contributed by atoms with Crippen molar-refractivity contribution in [1.82, 2.24) is 9.78 Å². The van der Waals surface area contributed by atoms with Crippen LogP contribution in [0.3, 0.4) is 0 Å². The summed E-state index contributed by atoms with van der Waals surface area (Å²) in [6, 6.07) is 8.33. The van der Waals surface area contributed by atoms with Crippen molar-refractivity contribution >= 4 is 15.7 Å². The van der Waals surface area contributed by atoms with Gasteiger partial charge in [0.25, 0.3) is 0 Å². The predicted molar refractivity (Wildman–Crippen MR) is 73.1 cm³/mol. The first-order chi connectivity index (χ1) is 8.88. The number of hydrogen-bond donors (Lipinski definition) is 2. The highest BCUT2D eigenvalue weighted by Gasteiger charge is 2.11. The first kappa shape index (κ1) is 13.6. The van der Waals surface area contributed by atoms with E-state index in [0.717, 1.165) is 5.69 Å². The fourth-order valence-electron chi connectivity index (χ4n) is 1.90. The Balaban J connectivity index is 2.23. The summed E-state index contributed by atoms with van der Waals surface area (Å²) in [4.78, 5) is 0.0923. The molecule has 1 atom stereocenters. The molecule has 1 unspecified atom stereocenters. The molecular weight excluding hydrogens is 264 g/mol. The number of benzene rings is 1. The van der Waals surface area contributed by atoms with Crippen molar-refractivity contribution in [3.05, 3.63) is 42.2 Å². The molecule has 6 nitrogen and oxygen atoms in total. The van der Waals surface area contributed by atoms with Crippen LogP contribution in [0, 0.1) is 0 Å². The van der Waals surface area contributed by atoms with E-state index < -0.39 is 10.0 Å². The standard InChI is InChI=1S/C12H16N4O2S/c1-9(12-6-7-14-16(12)2)15-10-4-3-5-11(8-10)19(13,17)18/h3-9,15H,1-2H3,(H2,13,17,18). The van der Waals surface area contributed by atoms with Crippen molar-refractivity contribution in [3.63, 3.8) is 0 Å². The minimum atomic E-state index is -3.68. The van der Waals surface area contributed by atoms with Crippen LogP contribution in [0.25, 0.3) is 0 Å². The van der Waals surface area contributed by atoms with E-state index in [2.05, 4.69) is 10.4 Å². The molecule has 1 aromatic heterocycles. The zero-order chi connectivity index (χ0) is 14.0. The molecule has 3 N–H and O–H groups in total. The lowest BCUT2D eigenvalue weighted by molar-refractivity contribution is 0.598. The van der Waals surface area contributed by atoms with Crippen LogP contribution in [-0.4, -0.2) is 18.2 Å². The van der Waals surface area contributed by atoms with E-state index in [1.807, 2.05) is 20.0 Å². The lowest BCUT2D eigenvalue weighted by Crippen LogP contribution is -2.14. The van der Waals surface area contributed by atoms with Gasteiger partial charge < -0.3 is 5.32 Å². The van der Waals surface area contributed by atoms with Gasteiger partial charge in [-0.25, -0.2) is 13.6 Å². The first-order valence-corrected chi connectivity index (χ1v) is 7.30. The monoisotopic (exact) mass is 280 g/mol. The molecule has 2 rings (SSSR count). The maximum absolute atomic E-state index is 11.3. The van der Waals surface area contributed by atoms with Crippen LogP contribution >= 0.6 is 0 Å². The Labute approximate surface area is 112 Å². The molecular formula is C12H16N4O2S. The maximum Gasteiger partial charge on any atom is 0.238 e. The minimum absolute atomic E-state index is 0.00299. The zero-order valence-electron chi connectivity index (χ0n) is 10.7. The number of primary sulfonamides is 1. The summed E-state index contributed by atoms with van der Waals surface area (Å²) in [5.74, 6) is 0. The average Bonchev–Trinajstić information content (AvgIpc) is 2.75. The number of rotatable bonds is 4. The molecule has 7 heteroatoms. The van der Waals surface area contributed by atoms with Gasteiger partial charge in [0, 0.05) is 18.9 Å². The fraction of sp³-hybridized carbons (Fsp3) is 0.250. The molecule has 0 bridgehead atoms. The molecule has 1 heterocycles. The second-order valence-electron chi connectivity index (χ2n) is 4.32. The van der Waals surface area contributed by atoms with Gasteiger partial charge in [0.2, 0.25) is 10.0 Å². The third-order valence-corrected chi connectivity index (χ3v) is 3.76. The van der Waals surface area contributed by atoms with Gasteiger partial charge in [0.05, 0.1) is 16.6 Å². The second kappa shape index (κ2) is 5.02. The van der Waals surface area contributed by atoms with Crippen molar-refractivity contribution in [2.75, 3.05) is 5.32 Å². The van der Waals surface area contributed by atoms with Crippen LogP contribution in [-0.2, 0) is 17.1 Å². The zero-order valence-corrected chi connectivity index (χ0v) is 11.6. The normalized spacial score (nSPS) is 13.2. The average molecular weight is 280 g/mol. The van der Waals surface area contributed by atoms with Gasteiger partial charge in [-0.05, 0) is 31.2 Å². The van der Waals surface area contributed by atoms with E-state index in [1.54, 1.807) is 23.0 Å². The Morgan fingerprint density at radius 2 is 2.11 bits per heavy atom. The van der Waals surface area contributed by atoms with Gasteiger partial charge >= 0.3 is 0 Å². The maximum atomic E-state index is 11.3. The number of anilines is 1. The smallest absolute Gasteiger partial charge is 0.238 e. The summed E-state index contributed by atoms with van der Waals surface area (Å²) in [6.07, 6.45) is 1.72. The summed E-state index contributed by atoms with van der Waals surface area (Å²) >= 11 is 0. The third-order valence-electron chi connectivity index (χ3n) is 2.85. The molecule has 102 valence electrons. The Kier molecular flexibility index (Phi) is 3.59. The number of nitrogens with zero attached hydrogens (tertiary/aromatic N) is 2. The van der Waals surface area contributed by atoms with E-state index in [4.69, 9.17) is 5.14 Å². The van der Waals surface area contributed by atoms with E-state index in [1.165, 1.54) is 12.1 Å². The van der Waals surface area contributed by atoms with Gasteiger partial charge in [-0.2, -0.15) is 5.10 Å². The Hall–Kier alpha value is -1.86. The number of nitrogens with two attached hydrogens (primary N) is 1. The van der Waals surface area contributed by atoms with Crippen LogP contribution in [0.15, 0.2) is 41.4 Å². The number of aryl methyl sites for hydroxylation is 1. The highest BCUT2D eigenvalue weighted by molar-refractivity contribution is 7.89. The molecule has 19 heavy (non-hydrogen) atoms. The molecule has 0 amide bonds. The molecule has 0 saturated carbocycles. The number of aromatic nitrogens is 2. The summed E-state index contributed by atoms with van der Waals surface area (Å²) < 4.78 is 24.3. The van der Waals surface area contributed by atoms with Gasteiger partial charge in [0.15, 0.2) is 0 Å². The number of sulfonamides is 1. The number of nitrogens with one attached hydrogen (secondary N) is 1. The summed E-state index contributed by atoms with van der Waals surface area (Å²) in [7, 11) is -1.83. The Morgan fingerprint density at radius 3 is 2.68 bits per heavy atom. The van der Waals surface area contributed by atoms with Crippen LogP contribution < -0.4 is 10.5 Å². The fourth-order valence-corrected chi connectivity index (χ4v) is 2.46. The molecule has 2 aromatic rings. The van der Waals surface area contributed by atoms with Crippen molar-refractivity contribution in [2.24, 2.45) is 12.2 Å². The van der Waals surface area contributed by atoms with Crippen molar-refractivity contribution in [3.8, 4) is 0 Å². The SMILES string of the molecule is CC(Nc1cccc(S(N)(=O)=O)c1)c1ccnn1C. The Bertz CT molecular complexity index is 679. The molecule has 0 saturated heterocycles. The van der Waals surface area contributed by atoms with Gasteiger partial charge in [0.1, 0.15) is 0 Å². The molecule has 0 spiro atoms. The second-order valence-corrected chi connectivity index (χ2v) is 5.88. The lowest BCUT2D eigenvalue weighted by atomic mass is 10.2. The van der Waals surface area contributed by atoms with Crippen LogP contribution in [0.2, 0.25) is 0 Å². The minimum Gasteiger partial charge on any atom is -0.377 e. The molecule has 0 aliphatic carbocycles. The van der Waals surface area contributed by atoms with E-state index >= 15 is 0 Å². The topological polar surface area (TPSA) is 90.0 Å². The lowest BCUT2D eigenvalue weighted by Gasteiger charge is -2.16. The van der Waals surface area contributed by atoms with Gasteiger partial charge in [-0.15, -0.1) is 0 Å². The van der Waals surface area contributed by atoms with E-state index in [0.29, 0.717) is 5.69 Å². The highest BCUT2D eigenvalue weighted by atomic mass is 32.2. The third kappa shape index (κ3) is 3.12. The van der Waals surface area contributed by atoms with Crippen molar-refractivity contribution < 1.29 is 8.42 Å².